The Morgan fingerprint density at radius 3 is 2.58 bits per heavy atom. The summed E-state index contributed by atoms with van der Waals surface area (Å²) < 4.78 is 49.5. The van der Waals surface area contributed by atoms with Gasteiger partial charge in [-0.05, 0) is 18.9 Å². The molecule has 7 nitrogen and oxygen atoms in total. The number of hydrogen-bond acceptors (Lipinski definition) is 5. The number of halogens is 3. The normalized spacial score (nSPS) is 22.0. The van der Waals surface area contributed by atoms with Gasteiger partial charge >= 0.3 is 12.1 Å². The SMILES string of the molecule is COc1cccc(C(NC(=O)[C@H]2CC[C@@H](C(=O)O)O2)C(F)(F)F)n1. The highest BCUT2D eigenvalue weighted by Gasteiger charge is 2.45. The Balaban J connectivity index is 2.15. The first-order valence-electron chi connectivity index (χ1n) is 6.98. The van der Waals surface area contributed by atoms with Crippen molar-refractivity contribution >= 4 is 11.9 Å². The standard InChI is InChI=1S/C14H15F3N2O5/c1-23-10-4-2-3-7(18-10)11(14(15,16)17)19-12(20)8-5-6-9(24-8)13(21)22/h2-4,8-9,11H,5-6H2,1H3,(H,19,20)(H,21,22)/t8-,9+,11?/m1/s1. The van der Waals surface area contributed by atoms with Crippen molar-refractivity contribution in [2.75, 3.05) is 7.11 Å². The van der Waals surface area contributed by atoms with Gasteiger partial charge in [0.1, 0.15) is 6.10 Å². The summed E-state index contributed by atoms with van der Waals surface area (Å²) in [6.07, 6.45) is -7.15. The summed E-state index contributed by atoms with van der Waals surface area (Å²) in [5.74, 6) is -2.32. The van der Waals surface area contributed by atoms with Gasteiger partial charge in [-0.15, -0.1) is 0 Å². The first-order chi connectivity index (χ1) is 11.2. The fourth-order valence-corrected chi connectivity index (χ4v) is 2.28. The molecule has 3 atom stereocenters. The zero-order valence-electron chi connectivity index (χ0n) is 12.5. The van der Waals surface area contributed by atoms with Gasteiger partial charge in [-0.2, -0.15) is 13.2 Å². The quantitative estimate of drug-likeness (QED) is 0.836. The van der Waals surface area contributed by atoms with E-state index in [1.165, 1.54) is 19.2 Å². The number of alkyl halides is 3. The number of rotatable bonds is 5. The maximum Gasteiger partial charge on any atom is 0.414 e. The molecule has 0 spiro atoms. The van der Waals surface area contributed by atoms with Gasteiger partial charge in [-0.3, -0.25) is 4.79 Å². The summed E-state index contributed by atoms with van der Waals surface area (Å²) in [7, 11) is 1.26. The first-order valence-corrected chi connectivity index (χ1v) is 6.98. The Kier molecular flexibility index (Phi) is 5.27. The number of ether oxygens (including phenoxy) is 2. The zero-order chi connectivity index (χ0) is 17.9. The lowest BCUT2D eigenvalue weighted by atomic mass is 10.1. The lowest BCUT2D eigenvalue weighted by Crippen LogP contribution is -2.43. The summed E-state index contributed by atoms with van der Waals surface area (Å²) in [6.45, 7) is 0. The van der Waals surface area contributed by atoms with Crippen LogP contribution in [0.2, 0.25) is 0 Å². The number of aliphatic carboxylic acids is 1. The average molecular weight is 348 g/mol. The molecule has 0 aliphatic carbocycles. The summed E-state index contributed by atoms with van der Waals surface area (Å²) in [6, 6.07) is 1.44. The molecule has 1 fully saturated rings. The van der Waals surface area contributed by atoms with Crippen LogP contribution in [0.25, 0.3) is 0 Å². The van der Waals surface area contributed by atoms with Crippen molar-refractivity contribution in [2.24, 2.45) is 0 Å². The van der Waals surface area contributed by atoms with Crippen LogP contribution >= 0.6 is 0 Å². The molecule has 1 aromatic rings. The molecule has 1 unspecified atom stereocenters. The molecule has 24 heavy (non-hydrogen) atoms. The molecule has 0 bridgehead atoms. The van der Waals surface area contributed by atoms with Crippen LogP contribution in [-0.4, -0.2) is 47.5 Å². The highest BCUT2D eigenvalue weighted by atomic mass is 19.4. The lowest BCUT2D eigenvalue weighted by Gasteiger charge is -2.23. The van der Waals surface area contributed by atoms with Gasteiger partial charge in [0.25, 0.3) is 0 Å². The predicted octanol–water partition coefficient (Wildman–Crippen LogP) is 1.44. The fraction of sp³-hybridized carbons (Fsp3) is 0.500. The molecule has 10 heteroatoms. The van der Waals surface area contributed by atoms with E-state index in [0.29, 0.717) is 0 Å². The van der Waals surface area contributed by atoms with E-state index < -0.39 is 42.0 Å². The molecule has 2 N–H and O–H groups in total. The van der Waals surface area contributed by atoms with Crippen LogP contribution in [0.1, 0.15) is 24.6 Å². The van der Waals surface area contributed by atoms with E-state index in [4.69, 9.17) is 14.6 Å². The molecule has 132 valence electrons. The molecular formula is C14H15F3N2O5. The van der Waals surface area contributed by atoms with Gasteiger partial charge in [0, 0.05) is 6.07 Å². The second kappa shape index (κ2) is 7.04. The highest BCUT2D eigenvalue weighted by Crippen LogP contribution is 2.33. The summed E-state index contributed by atoms with van der Waals surface area (Å²) in [5.41, 5.74) is -0.442. The van der Waals surface area contributed by atoms with Gasteiger partial charge in [0.15, 0.2) is 12.1 Å². The van der Waals surface area contributed by atoms with E-state index in [0.717, 1.165) is 6.07 Å². The minimum Gasteiger partial charge on any atom is -0.481 e. The highest BCUT2D eigenvalue weighted by molar-refractivity contribution is 5.83. The van der Waals surface area contributed by atoms with E-state index in [1.54, 1.807) is 0 Å². The molecule has 1 aliphatic heterocycles. The van der Waals surface area contributed by atoms with Crippen molar-refractivity contribution in [1.29, 1.82) is 0 Å². The van der Waals surface area contributed by atoms with Crippen LogP contribution in [0, 0.1) is 0 Å². The van der Waals surface area contributed by atoms with Crippen molar-refractivity contribution in [3.8, 4) is 5.88 Å². The molecule has 2 rings (SSSR count). The number of methoxy groups -OCH3 is 1. The van der Waals surface area contributed by atoms with Crippen molar-refractivity contribution in [2.45, 2.75) is 37.3 Å². The monoisotopic (exact) mass is 348 g/mol. The maximum absolute atomic E-state index is 13.3. The van der Waals surface area contributed by atoms with Crippen molar-refractivity contribution in [3.63, 3.8) is 0 Å². The van der Waals surface area contributed by atoms with E-state index >= 15 is 0 Å². The second-order valence-corrected chi connectivity index (χ2v) is 5.12. The minimum absolute atomic E-state index is 0.0267. The number of nitrogens with zero attached hydrogens (tertiary/aromatic N) is 1. The number of carboxylic acids is 1. The molecule has 0 aromatic carbocycles. The van der Waals surface area contributed by atoms with E-state index in [2.05, 4.69) is 4.98 Å². The molecule has 0 radical (unpaired) electrons. The number of aromatic nitrogens is 1. The van der Waals surface area contributed by atoms with Gasteiger partial charge in [0.2, 0.25) is 11.8 Å². The number of amides is 1. The number of carbonyl (C=O) groups is 2. The number of hydrogen-bond donors (Lipinski definition) is 2. The maximum atomic E-state index is 13.3. The zero-order valence-corrected chi connectivity index (χ0v) is 12.5. The van der Waals surface area contributed by atoms with Crippen molar-refractivity contribution < 1.29 is 37.3 Å². The van der Waals surface area contributed by atoms with Crippen LogP contribution in [0.5, 0.6) is 5.88 Å². The van der Waals surface area contributed by atoms with Gasteiger partial charge in [0.05, 0.1) is 12.8 Å². The topological polar surface area (TPSA) is 97.8 Å². The lowest BCUT2D eigenvalue weighted by molar-refractivity contribution is -0.168. The first kappa shape index (κ1) is 18.0. The van der Waals surface area contributed by atoms with Crippen LogP contribution in [0.15, 0.2) is 18.2 Å². The van der Waals surface area contributed by atoms with E-state index in [1.807, 2.05) is 5.32 Å². The Morgan fingerprint density at radius 1 is 1.38 bits per heavy atom. The Labute approximate surface area is 134 Å². The van der Waals surface area contributed by atoms with Crippen molar-refractivity contribution in [1.82, 2.24) is 10.3 Å². The summed E-state index contributed by atoms with van der Waals surface area (Å²) >= 11 is 0. The van der Waals surface area contributed by atoms with Crippen LogP contribution in [0.3, 0.4) is 0 Å². The Hall–Kier alpha value is -2.36. The molecular weight excluding hydrogens is 333 g/mol. The fourth-order valence-electron chi connectivity index (χ4n) is 2.28. The Bertz CT molecular complexity index is 623. The second-order valence-electron chi connectivity index (χ2n) is 5.12. The molecule has 1 aromatic heterocycles. The summed E-state index contributed by atoms with van der Waals surface area (Å²) in [4.78, 5) is 26.5. The average Bonchev–Trinajstić information content (AvgIpc) is 3.01. The molecule has 2 heterocycles. The molecule has 1 saturated heterocycles. The van der Waals surface area contributed by atoms with Gasteiger partial charge < -0.3 is 19.9 Å². The number of pyridine rings is 1. The van der Waals surface area contributed by atoms with Gasteiger partial charge in [-0.25, -0.2) is 9.78 Å². The minimum atomic E-state index is -4.79. The van der Waals surface area contributed by atoms with Crippen molar-refractivity contribution in [3.05, 3.63) is 23.9 Å². The van der Waals surface area contributed by atoms with Crippen LogP contribution < -0.4 is 10.1 Å². The number of carboxylic acid groups (broad SMARTS) is 1. The predicted molar refractivity (Wildman–Crippen MR) is 73.3 cm³/mol. The Morgan fingerprint density at radius 2 is 2.04 bits per heavy atom. The number of carbonyl (C=O) groups excluding carboxylic acids is 1. The van der Waals surface area contributed by atoms with Crippen LogP contribution in [-0.2, 0) is 14.3 Å². The third kappa shape index (κ3) is 4.13. The number of nitrogens with one attached hydrogen (secondary N) is 1. The smallest absolute Gasteiger partial charge is 0.414 e. The van der Waals surface area contributed by atoms with E-state index in [9.17, 15) is 22.8 Å². The molecule has 1 aliphatic rings. The summed E-state index contributed by atoms with van der Waals surface area (Å²) in [5, 5.41) is 10.6. The molecule has 1 amide bonds. The van der Waals surface area contributed by atoms with Crippen LogP contribution in [0.4, 0.5) is 13.2 Å². The van der Waals surface area contributed by atoms with Gasteiger partial charge in [-0.1, -0.05) is 6.07 Å². The third-order valence-corrected chi connectivity index (χ3v) is 3.45. The third-order valence-electron chi connectivity index (χ3n) is 3.45. The largest absolute Gasteiger partial charge is 0.481 e. The molecule has 0 saturated carbocycles. The van der Waals surface area contributed by atoms with E-state index in [-0.39, 0.29) is 18.7 Å².